The van der Waals surface area contributed by atoms with E-state index in [2.05, 4.69) is 41.3 Å². The van der Waals surface area contributed by atoms with Crippen molar-refractivity contribution >= 4 is 61.0 Å². The van der Waals surface area contributed by atoms with Crippen LogP contribution in [0, 0.1) is 5.82 Å². The molecule has 5 N–H and O–H groups in total. The van der Waals surface area contributed by atoms with Gasteiger partial charge in [0.1, 0.15) is 17.2 Å². The van der Waals surface area contributed by atoms with Crippen LogP contribution in [0.1, 0.15) is 31.1 Å². The van der Waals surface area contributed by atoms with E-state index >= 15 is 0 Å². The molecule has 16 nitrogen and oxygen atoms in total. The minimum atomic E-state index is -3.80. The highest BCUT2D eigenvalue weighted by Gasteiger charge is 2.17. The summed E-state index contributed by atoms with van der Waals surface area (Å²) in [7, 11) is -1.86. The van der Waals surface area contributed by atoms with Crippen molar-refractivity contribution in [2.75, 3.05) is 90.2 Å². The van der Waals surface area contributed by atoms with E-state index in [1.807, 2.05) is 32.7 Å². The Balaban J connectivity index is 1.24. The monoisotopic (exact) mass is 853 g/mol. The van der Waals surface area contributed by atoms with E-state index in [-0.39, 0.29) is 53.6 Å². The van der Waals surface area contributed by atoms with Crippen LogP contribution in [0.15, 0.2) is 70.2 Å². The molecule has 3 rings (SSSR count). The van der Waals surface area contributed by atoms with Gasteiger partial charge in [0.05, 0.1) is 73.5 Å². The number of carbonyl (C=O) groups is 2. The Morgan fingerprint density at radius 3 is 2.16 bits per heavy atom. The molecule has 55 heavy (non-hydrogen) atoms. The Labute approximate surface area is 329 Å². The largest absolute Gasteiger partial charge is 0.457 e. The van der Waals surface area contributed by atoms with Crippen LogP contribution in [-0.2, 0) is 38.5 Å². The molecule has 0 saturated carbocycles. The number of nitrogens with one attached hydrogen (secondary N) is 3. The van der Waals surface area contributed by atoms with E-state index in [0.29, 0.717) is 62.9 Å². The minimum absolute atomic E-state index is 0.0489. The van der Waals surface area contributed by atoms with Crippen LogP contribution in [0.25, 0.3) is 0 Å². The first kappa shape index (κ1) is 45.3. The molecule has 1 amide bonds. The van der Waals surface area contributed by atoms with Gasteiger partial charge >= 0.3 is 5.97 Å². The summed E-state index contributed by atoms with van der Waals surface area (Å²) in [5, 5.41) is 5.85. The predicted molar refractivity (Wildman–Crippen MR) is 209 cm³/mol. The summed E-state index contributed by atoms with van der Waals surface area (Å²) in [5.41, 5.74) is 5.14. The molecule has 0 bridgehead atoms. The second-order valence-corrected chi connectivity index (χ2v) is 15.4. The Kier molecular flexibility index (Phi) is 19.0. The Morgan fingerprint density at radius 1 is 0.927 bits per heavy atom. The van der Waals surface area contributed by atoms with E-state index in [1.54, 1.807) is 18.2 Å². The lowest BCUT2D eigenvalue weighted by Crippen LogP contribution is -2.27. The predicted octanol–water partition coefficient (Wildman–Crippen LogP) is 4.14. The number of carbonyl (C=O) groups excluding carboxylic acids is 2. The van der Waals surface area contributed by atoms with Gasteiger partial charge in [0.2, 0.25) is 16.0 Å². The van der Waals surface area contributed by atoms with E-state index < -0.39 is 27.3 Å². The number of hydrogen-bond acceptors (Lipinski definition) is 14. The summed E-state index contributed by atoms with van der Waals surface area (Å²) < 4.78 is 69.8. The van der Waals surface area contributed by atoms with Crippen molar-refractivity contribution in [1.29, 1.82) is 0 Å². The first-order valence-corrected chi connectivity index (χ1v) is 19.6. The lowest BCUT2D eigenvalue weighted by atomic mass is 10.1. The van der Waals surface area contributed by atoms with Crippen molar-refractivity contribution in [3.63, 3.8) is 0 Å². The van der Waals surface area contributed by atoms with Gasteiger partial charge in [0, 0.05) is 37.6 Å². The van der Waals surface area contributed by atoms with E-state index in [1.165, 1.54) is 36.5 Å². The molecular formula is C36H49BrFN7O9S. The third-order valence-corrected chi connectivity index (χ3v) is 9.08. The number of halogens is 2. The van der Waals surface area contributed by atoms with Crippen LogP contribution in [0.3, 0.4) is 0 Å². The number of amides is 1. The molecule has 1 aromatic heterocycles. The van der Waals surface area contributed by atoms with Crippen LogP contribution in [0.5, 0.6) is 0 Å². The van der Waals surface area contributed by atoms with Gasteiger partial charge < -0.3 is 45.0 Å². The molecule has 2 aromatic carbocycles. The van der Waals surface area contributed by atoms with Crippen molar-refractivity contribution < 1.29 is 46.1 Å². The number of ether oxygens (including phenoxy) is 5. The van der Waals surface area contributed by atoms with Crippen LogP contribution >= 0.6 is 15.9 Å². The molecule has 19 heteroatoms. The van der Waals surface area contributed by atoms with Gasteiger partial charge in [-0.3, -0.25) is 4.79 Å². The smallest absolute Gasteiger partial charge is 0.330 e. The highest BCUT2D eigenvalue weighted by molar-refractivity contribution is 9.10. The van der Waals surface area contributed by atoms with Crippen LogP contribution in [0.2, 0.25) is 0 Å². The SMILES string of the molecule is CN(C/C=C/C(=O)OC(C)(C)C)CCOCCOCCOCCOCCNS(=O)(=O)c1ccc(Nc2ncc(Br)c(Nc3cccc(F)c3C(N)=O)n2)cc1. The third-order valence-electron chi connectivity index (χ3n) is 7.03. The van der Waals surface area contributed by atoms with Gasteiger partial charge in [0.25, 0.3) is 5.91 Å². The van der Waals surface area contributed by atoms with E-state index in [0.717, 1.165) is 6.07 Å². The number of benzene rings is 2. The quantitative estimate of drug-likeness (QED) is 0.0538. The number of hydrogen-bond donors (Lipinski definition) is 4. The lowest BCUT2D eigenvalue weighted by Gasteiger charge is -2.18. The van der Waals surface area contributed by atoms with Gasteiger partial charge in [-0.15, -0.1) is 0 Å². The second-order valence-electron chi connectivity index (χ2n) is 12.7. The summed E-state index contributed by atoms with van der Waals surface area (Å²) in [6.07, 6.45) is 4.64. The van der Waals surface area contributed by atoms with Gasteiger partial charge in [-0.2, -0.15) is 4.98 Å². The number of nitrogens with zero attached hydrogens (tertiary/aromatic N) is 3. The Bertz CT molecular complexity index is 1810. The molecule has 0 saturated heterocycles. The van der Waals surface area contributed by atoms with Gasteiger partial charge in [-0.25, -0.2) is 27.3 Å². The topological polar surface area (TPSA) is 206 Å². The molecule has 302 valence electrons. The van der Waals surface area contributed by atoms with Crippen molar-refractivity contribution in [1.82, 2.24) is 19.6 Å². The maximum Gasteiger partial charge on any atom is 0.330 e. The molecule has 0 unspecified atom stereocenters. The highest BCUT2D eigenvalue weighted by Crippen LogP contribution is 2.28. The molecule has 0 aliphatic rings. The lowest BCUT2D eigenvalue weighted by molar-refractivity contribution is -0.148. The standard InChI is InChI=1S/C36H49BrFN7O9S/c1-36(2,3)54-31(46)9-6-15-45(4)16-18-51-20-22-53-24-23-52-21-19-50-17-14-41-55(48,49)27-12-10-26(11-13-27)42-35-40-25-28(37)34(44-35)43-30-8-5-7-29(38)32(30)33(39)47/h5-13,25,41H,14-24H2,1-4H3,(H2,39,47)(H2,40,42,43,44)/b9-6+. The van der Waals surface area contributed by atoms with Crippen molar-refractivity contribution in [2.45, 2.75) is 31.3 Å². The molecule has 3 aromatic rings. The summed E-state index contributed by atoms with van der Waals surface area (Å²) in [6, 6.07) is 9.98. The number of anilines is 4. The number of esters is 1. The number of sulfonamides is 1. The Morgan fingerprint density at radius 2 is 1.55 bits per heavy atom. The highest BCUT2D eigenvalue weighted by atomic mass is 79.9. The van der Waals surface area contributed by atoms with E-state index in [4.69, 9.17) is 29.4 Å². The number of aromatic nitrogens is 2. The second kappa shape index (κ2) is 23.1. The molecule has 0 fully saturated rings. The molecular weight excluding hydrogens is 805 g/mol. The van der Waals surface area contributed by atoms with Crippen LogP contribution in [-0.4, -0.2) is 120 Å². The van der Waals surface area contributed by atoms with Crippen LogP contribution in [0.4, 0.5) is 27.5 Å². The molecule has 0 atom stereocenters. The van der Waals surface area contributed by atoms with Crippen molar-refractivity contribution in [2.24, 2.45) is 5.73 Å². The number of nitrogens with two attached hydrogens (primary N) is 1. The zero-order valence-electron chi connectivity index (χ0n) is 31.3. The molecule has 0 radical (unpaired) electrons. The van der Waals surface area contributed by atoms with Gasteiger partial charge in [0.15, 0.2) is 0 Å². The molecule has 0 aliphatic heterocycles. The zero-order chi connectivity index (χ0) is 40.3. The summed E-state index contributed by atoms with van der Waals surface area (Å²) in [6.45, 7) is 9.80. The normalized spacial score (nSPS) is 12.0. The average Bonchev–Trinajstić information content (AvgIpc) is 3.10. The first-order chi connectivity index (χ1) is 26.1. The first-order valence-electron chi connectivity index (χ1n) is 17.3. The fourth-order valence-corrected chi connectivity index (χ4v) is 5.74. The third kappa shape index (κ3) is 17.5. The average molecular weight is 855 g/mol. The maximum absolute atomic E-state index is 14.2. The van der Waals surface area contributed by atoms with Gasteiger partial charge in [-0.05, 0) is 80.1 Å². The van der Waals surface area contributed by atoms with Crippen molar-refractivity contribution in [3.8, 4) is 0 Å². The number of likely N-dealkylation sites (N-methyl/N-ethyl adjacent to an activating group) is 1. The zero-order valence-corrected chi connectivity index (χ0v) is 33.7. The fraction of sp³-hybridized carbons (Fsp3) is 0.444. The van der Waals surface area contributed by atoms with Crippen molar-refractivity contribution in [3.05, 3.63) is 76.7 Å². The summed E-state index contributed by atoms with van der Waals surface area (Å²) in [4.78, 5) is 34.1. The number of primary amides is 1. The molecule has 0 spiro atoms. The molecule has 1 heterocycles. The molecule has 0 aliphatic carbocycles. The maximum atomic E-state index is 14.2. The van der Waals surface area contributed by atoms with Gasteiger partial charge in [-0.1, -0.05) is 12.1 Å². The minimum Gasteiger partial charge on any atom is -0.457 e. The summed E-state index contributed by atoms with van der Waals surface area (Å²) in [5.74, 6) is -1.70. The summed E-state index contributed by atoms with van der Waals surface area (Å²) >= 11 is 3.32. The fourth-order valence-electron chi connectivity index (χ4n) is 4.44. The van der Waals surface area contributed by atoms with E-state index in [9.17, 15) is 22.4 Å². The van der Waals surface area contributed by atoms with Crippen LogP contribution < -0.4 is 21.1 Å². The Hall–Kier alpha value is -4.08. The number of rotatable bonds is 25.